The molecule has 0 spiro atoms. The van der Waals surface area contributed by atoms with E-state index in [-0.39, 0.29) is 35.2 Å². The Balaban J connectivity index is 1.20. The molecule has 5 rings (SSSR count). The van der Waals surface area contributed by atoms with Crippen LogP contribution in [-0.2, 0) is 16.6 Å². The number of likely N-dealkylation sites (tertiary alicyclic amines) is 2. The van der Waals surface area contributed by atoms with E-state index in [0.29, 0.717) is 66.2 Å². The second-order valence-electron chi connectivity index (χ2n) is 11.4. The number of aromatic nitrogens is 2. The van der Waals surface area contributed by atoms with Crippen LogP contribution >= 0.6 is 11.6 Å². The summed E-state index contributed by atoms with van der Waals surface area (Å²) in [5, 5.41) is 3.82. The summed E-state index contributed by atoms with van der Waals surface area (Å²) in [6.45, 7) is 7.49. The normalized spacial score (nSPS) is 23.7. The van der Waals surface area contributed by atoms with Crippen molar-refractivity contribution in [2.75, 3.05) is 32.7 Å². The molecule has 2 aromatic rings. The van der Waals surface area contributed by atoms with Crippen LogP contribution in [0.25, 0.3) is 0 Å². The van der Waals surface area contributed by atoms with Gasteiger partial charge in [0.25, 0.3) is 5.91 Å². The van der Waals surface area contributed by atoms with Gasteiger partial charge in [0.05, 0.1) is 17.3 Å². The van der Waals surface area contributed by atoms with Gasteiger partial charge in [0.1, 0.15) is 5.78 Å². The first-order chi connectivity index (χ1) is 18.6. The molecule has 2 amide bonds. The number of rotatable bonds is 7. The topological polar surface area (TPSA) is 105 Å². The quantitative estimate of drug-likeness (QED) is 0.565. The predicted octanol–water partition coefficient (Wildman–Crippen LogP) is 2.67. The summed E-state index contributed by atoms with van der Waals surface area (Å²) in [6, 6.07) is 7.41. The van der Waals surface area contributed by atoms with Gasteiger partial charge in [-0.3, -0.25) is 19.0 Å². The van der Waals surface area contributed by atoms with Gasteiger partial charge in [0.2, 0.25) is 5.91 Å². The Morgan fingerprint density at radius 1 is 1.13 bits per heavy atom. The third kappa shape index (κ3) is 5.79. The van der Waals surface area contributed by atoms with Crippen LogP contribution in [0, 0.1) is 31.6 Å². The highest BCUT2D eigenvalue weighted by atomic mass is 35.5. The maximum atomic E-state index is 13.4. The molecule has 3 aliphatic rings. The van der Waals surface area contributed by atoms with Gasteiger partial charge in [0.15, 0.2) is 0 Å². The number of amides is 2. The largest absolute Gasteiger partial charge is 0.349 e. The number of halogens is 1. The fourth-order valence-corrected chi connectivity index (χ4v) is 6.64. The Morgan fingerprint density at radius 2 is 1.85 bits per heavy atom. The van der Waals surface area contributed by atoms with Crippen molar-refractivity contribution in [3.63, 3.8) is 0 Å². The molecule has 1 N–H and O–H groups in total. The number of fused-ring (bicyclic) bond motifs is 1. The lowest BCUT2D eigenvalue weighted by Crippen LogP contribution is -2.37. The summed E-state index contributed by atoms with van der Waals surface area (Å²) in [4.78, 5) is 58.4. The molecule has 208 valence electrons. The number of hydrogen-bond donors (Lipinski definition) is 1. The number of aryl methyl sites for hydroxylation is 1. The van der Waals surface area contributed by atoms with Gasteiger partial charge in [-0.05, 0) is 56.2 Å². The minimum Gasteiger partial charge on any atom is -0.349 e. The molecule has 2 saturated heterocycles. The van der Waals surface area contributed by atoms with Crippen LogP contribution in [0.5, 0.6) is 0 Å². The Bertz CT molecular complexity index is 1340. The highest BCUT2D eigenvalue weighted by Gasteiger charge is 2.42. The number of carbonyl (C=O) groups excluding carboxylic acids is 3. The molecule has 4 atom stereocenters. The molecule has 2 aliphatic heterocycles. The maximum absolute atomic E-state index is 13.4. The summed E-state index contributed by atoms with van der Waals surface area (Å²) in [5.74, 6) is 0.573. The fourth-order valence-electron chi connectivity index (χ4n) is 6.44. The molecule has 10 heteroatoms. The van der Waals surface area contributed by atoms with E-state index in [1.54, 1.807) is 20.9 Å². The number of hydrogen-bond acceptors (Lipinski definition) is 6. The van der Waals surface area contributed by atoms with E-state index < -0.39 is 0 Å². The van der Waals surface area contributed by atoms with E-state index in [1.807, 2.05) is 29.2 Å². The number of benzene rings is 1. The number of carbonyl (C=O) groups is 3. The van der Waals surface area contributed by atoms with Crippen molar-refractivity contribution in [3.05, 3.63) is 62.3 Å². The first-order valence-electron chi connectivity index (χ1n) is 13.7. The van der Waals surface area contributed by atoms with Gasteiger partial charge in [-0.25, -0.2) is 4.79 Å². The first-order valence-corrected chi connectivity index (χ1v) is 14.1. The van der Waals surface area contributed by atoms with Gasteiger partial charge >= 0.3 is 5.69 Å². The van der Waals surface area contributed by atoms with Crippen LogP contribution in [0.3, 0.4) is 0 Å². The molecule has 0 bridgehead atoms. The minimum atomic E-state index is -0.348. The number of nitrogens with zero attached hydrogens (tertiary/aromatic N) is 4. The van der Waals surface area contributed by atoms with Gasteiger partial charge in [0, 0.05) is 69.2 Å². The van der Waals surface area contributed by atoms with Gasteiger partial charge in [-0.2, -0.15) is 4.98 Å². The van der Waals surface area contributed by atoms with Crippen LogP contribution in [0.1, 0.15) is 59.0 Å². The number of ketones is 1. The Kier molecular flexibility index (Phi) is 7.91. The van der Waals surface area contributed by atoms with Crippen molar-refractivity contribution < 1.29 is 14.4 Å². The van der Waals surface area contributed by atoms with E-state index in [1.165, 1.54) is 4.57 Å². The van der Waals surface area contributed by atoms with Crippen molar-refractivity contribution in [1.29, 1.82) is 0 Å². The highest BCUT2D eigenvalue weighted by Crippen LogP contribution is 2.33. The maximum Gasteiger partial charge on any atom is 0.347 e. The van der Waals surface area contributed by atoms with Crippen molar-refractivity contribution >= 4 is 29.2 Å². The summed E-state index contributed by atoms with van der Waals surface area (Å²) in [7, 11) is 1.64. The van der Waals surface area contributed by atoms with Crippen LogP contribution in [-0.4, -0.2) is 69.7 Å². The predicted molar refractivity (Wildman–Crippen MR) is 148 cm³/mol. The molecule has 1 aromatic carbocycles. The molecule has 0 radical (unpaired) electrons. The van der Waals surface area contributed by atoms with Crippen LogP contribution in [0.4, 0.5) is 0 Å². The molecule has 3 unspecified atom stereocenters. The standard InChI is InChI=1S/C29H36ClN5O4/c1-17-26(18(2)33(3)29(39)31-17)28(38)35-15-21-13-34(14-22(21)16-35)10-9-25(19-5-4-6-23(30)11-19)32-27(37)20-7-8-24(36)12-20/h4-6,11,20-22,25H,7-10,12-16H2,1-3H3,(H,32,37)/t20?,21-,22?,25?/m0/s1. The second-order valence-corrected chi connectivity index (χ2v) is 11.8. The Morgan fingerprint density at radius 3 is 2.49 bits per heavy atom. The van der Waals surface area contributed by atoms with Gasteiger partial charge in [-0.1, -0.05) is 23.7 Å². The Hall–Kier alpha value is -3.04. The Labute approximate surface area is 233 Å². The van der Waals surface area contributed by atoms with E-state index in [2.05, 4.69) is 15.2 Å². The van der Waals surface area contributed by atoms with E-state index in [0.717, 1.165) is 31.6 Å². The third-order valence-electron chi connectivity index (χ3n) is 8.76. The lowest BCUT2D eigenvalue weighted by Gasteiger charge is -2.26. The molecule has 3 fully saturated rings. The first kappa shape index (κ1) is 27.5. The average molecular weight is 554 g/mol. The summed E-state index contributed by atoms with van der Waals surface area (Å²) >= 11 is 6.26. The van der Waals surface area contributed by atoms with E-state index in [9.17, 15) is 19.2 Å². The zero-order valence-corrected chi connectivity index (χ0v) is 23.5. The van der Waals surface area contributed by atoms with E-state index >= 15 is 0 Å². The van der Waals surface area contributed by atoms with Crippen molar-refractivity contribution in [2.45, 2.75) is 45.6 Å². The molecule has 1 saturated carbocycles. The summed E-state index contributed by atoms with van der Waals surface area (Å²) in [5.41, 5.74) is 2.27. The lowest BCUT2D eigenvalue weighted by molar-refractivity contribution is -0.127. The minimum absolute atomic E-state index is 0.0526. The monoisotopic (exact) mass is 553 g/mol. The average Bonchev–Trinajstić information content (AvgIpc) is 3.60. The summed E-state index contributed by atoms with van der Waals surface area (Å²) < 4.78 is 1.43. The molecule has 9 nitrogen and oxygen atoms in total. The molecular weight excluding hydrogens is 518 g/mol. The lowest BCUT2D eigenvalue weighted by atomic mass is 10.0. The van der Waals surface area contributed by atoms with Gasteiger partial charge in [-0.15, -0.1) is 0 Å². The van der Waals surface area contributed by atoms with Crippen LogP contribution in [0.15, 0.2) is 29.1 Å². The third-order valence-corrected chi connectivity index (χ3v) is 8.99. The molecule has 1 aliphatic carbocycles. The molecule has 1 aromatic heterocycles. The zero-order chi connectivity index (χ0) is 27.8. The van der Waals surface area contributed by atoms with E-state index in [4.69, 9.17) is 11.6 Å². The van der Waals surface area contributed by atoms with Crippen molar-refractivity contribution in [3.8, 4) is 0 Å². The highest BCUT2D eigenvalue weighted by molar-refractivity contribution is 6.30. The number of Topliss-reactive ketones (excluding diaryl/α,β-unsaturated/α-hetero) is 1. The number of nitrogens with one attached hydrogen (secondary N) is 1. The molecule has 39 heavy (non-hydrogen) atoms. The van der Waals surface area contributed by atoms with Gasteiger partial charge < -0.3 is 15.1 Å². The SMILES string of the molecule is Cc1nc(=O)n(C)c(C)c1C(=O)N1CC2CN(CCC(NC(=O)C3CCC(=O)C3)c3cccc(Cl)c3)C[C@H]2C1. The molecular formula is C29H36ClN5O4. The van der Waals surface area contributed by atoms with Crippen molar-refractivity contribution in [2.24, 2.45) is 24.8 Å². The second kappa shape index (κ2) is 11.2. The van der Waals surface area contributed by atoms with Crippen LogP contribution in [0.2, 0.25) is 5.02 Å². The fraction of sp³-hybridized carbons (Fsp3) is 0.552. The van der Waals surface area contributed by atoms with Crippen molar-refractivity contribution in [1.82, 2.24) is 24.7 Å². The molecule has 3 heterocycles. The summed E-state index contributed by atoms with van der Waals surface area (Å²) in [6.07, 6.45) is 2.16. The zero-order valence-electron chi connectivity index (χ0n) is 22.8. The van der Waals surface area contributed by atoms with Crippen LogP contribution < -0.4 is 11.0 Å². The smallest absolute Gasteiger partial charge is 0.347 e.